The first-order valence-corrected chi connectivity index (χ1v) is 6.02. The third kappa shape index (κ3) is 2.57. The number of aromatic nitrogens is 2. The molecule has 0 saturated heterocycles. The van der Waals surface area contributed by atoms with Crippen LogP contribution in [0.4, 0.5) is 0 Å². The monoisotopic (exact) mass is 247 g/mol. The third-order valence-corrected chi connectivity index (χ3v) is 2.80. The molecule has 2 aromatic rings. The summed E-state index contributed by atoms with van der Waals surface area (Å²) in [6.45, 7) is 3.51. The lowest BCUT2D eigenvalue weighted by Gasteiger charge is -2.17. The number of benzene rings is 1. The Kier molecular flexibility index (Phi) is 4.07. The summed E-state index contributed by atoms with van der Waals surface area (Å²) < 4.78 is 7.28. The van der Waals surface area contributed by atoms with Crippen molar-refractivity contribution in [2.75, 3.05) is 13.2 Å². The van der Waals surface area contributed by atoms with Gasteiger partial charge in [-0.3, -0.25) is 9.48 Å². The number of para-hydroxylation sites is 1. The minimum atomic E-state index is -0.0894. The van der Waals surface area contributed by atoms with Crippen LogP contribution < -0.4 is 11.2 Å². The first kappa shape index (κ1) is 12.7. The predicted molar refractivity (Wildman–Crippen MR) is 70.5 cm³/mol. The van der Waals surface area contributed by atoms with E-state index in [1.807, 2.05) is 25.1 Å². The molecule has 1 atom stereocenters. The highest BCUT2D eigenvalue weighted by molar-refractivity contribution is 5.77. The van der Waals surface area contributed by atoms with E-state index in [1.165, 1.54) is 6.20 Å². The molecular weight excluding hydrogens is 230 g/mol. The summed E-state index contributed by atoms with van der Waals surface area (Å²) in [4.78, 5) is 11.7. The Labute approximate surface area is 105 Å². The van der Waals surface area contributed by atoms with Crippen molar-refractivity contribution in [3.63, 3.8) is 0 Å². The molecule has 0 aliphatic heterocycles. The lowest BCUT2D eigenvalue weighted by Crippen LogP contribution is -2.30. The Balaban J connectivity index is 2.39. The normalized spacial score (nSPS) is 12.8. The highest BCUT2D eigenvalue weighted by Gasteiger charge is 2.10. The highest BCUT2D eigenvalue weighted by atomic mass is 16.5. The topological polar surface area (TPSA) is 70.1 Å². The van der Waals surface area contributed by atoms with Gasteiger partial charge in [-0.05, 0) is 19.1 Å². The molecule has 2 N–H and O–H groups in total. The Morgan fingerprint density at radius 1 is 1.44 bits per heavy atom. The van der Waals surface area contributed by atoms with E-state index in [2.05, 4.69) is 5.10 Å². The van der Waals surface area contributed by atoms with Crippen molar-refractivity contribution in [1.82, 2.24) is 9.78 Å². The van der Waals surface area contributed by atoms with E-state index in [1.54, 1.807) is 10.7 Å². The van der Waals surface area contributed by atoms with Crippen LogP contribution in [0.15, 0.2) is 35.3 Å². The molecule has 1 unspecified atom stereocenters. The third-order valence-electron chi connectivity index (χ3n) is 2.80. The van der Waals surface area contributed by atoms with Crippen LogP contribution in [-0.4, -0.2) is 29.0 Å². The van der Waals surface area contributed by atoms with Gasteiger partial charge in [0.2, 0.25) is 5.43 Å². The van der Waals surface area contributed by atoms with Crippen LogP contribution in [0.3, 0.4) is 0 Å². The molecule has 96 valence electrons. The van der Waals surface area contributed by atoms with Gasteiger partial charge in [0.25, 0.3) is 0 Å². The molecule has 0 aliphatic rings. The second kappa shape index (κ2) is 5.75. The molecule has 5 nitrogen and oxygen atoms in total. The molecule has 18 heavy (non-hydrogen) atoms. The van der Waals surface area contributed by atoms with Crippen LogP contribution in [0.1, 0.15) is 6.92 Å². The lowest BCUT2D eigenvalue weighted by molar-refractivity contribution is 0.0549. The molecule has 0 radical (unpaired) electrons. The maximum atomic E-state index is 11.7. The van der Waals surface area contributed by atoms with Gasteiger partial charge < -0.3 is 10.5 Å². The standard InChI is InChI=1S/C13H17N3O2/c1-2-18-10(7-14)9-16-12-6-4-3-5-11(12)13(17)8-15-16/h3-6,8,10H,2,7,9,14H2,1H3. The van der Waals surface area contributed by atoms with Crippen molar-refractivity contribution in [3.05, 3.63) is 40.7 Å². The highest BCUT2D eigenvalue weighted by Crippen LogP contribution is 2.09. The molecule has 2 rings (SSSR count). The molecular formula is C13H17N3O2. The number of nitrogens with two attached hydrogens (primary N) is 1. The van der Waals surface area contributed by atoms with Crippen molar-refractivity contribution in [1.29, 1.82) is 0 Å². The van der Waals surface area contributed by atoms with E-state index < -0.39 is 0 Å². The summed E-state index contributed by atoms with van der Waals surface area (Å²) in [7, 11) is 0. The molecule has 0 aliphatic carbocycles. The molecule has 0 amide bonds. The SMILES string of the molecule is CCOC(CN)Cn1ncc(=O)c2ccccc21. The van der Waals surface area contributed by atoms with Gasteiger partial charge >= 0.3 is 0 Å². The number of fused-ring (bicyclic) bond motifs is 1. The molecule has 0 spiro atoms. The summed E-state index contributed by atoms with van der Waals surface area (Å²) in [5.41, 5.74) is 6.39. The number of hydrogen-bond donors (Lipinski definition) is 1. The smallest absolute Gasteiger partial charge is 0.207 e. The first-order chi connectivity index (χ1) is 8.76. The fourth-order valence-corrected chi connectivity index (χ4v) is 1.93. The zero-order chi connectivity index (χ0) is 13.0. The Bertz CT molecular complexity index is 580. The second-order valence-electron chi connectivity index (χ2n) is 4.02. The molecule has 1 aromatic heterocycles. The van der Waals surface area contributed by atoms with Crippen LogP contribution in [0.2, 0.25) is 0 Å². The van der Waals surface area contributed by atoms with Crippen molar-refractivity contribution >= 4 is 10.9 Å². The van der Waals surface area contributed by atoms with Gasteiger partial charge in [-0.1, -0.05) is 12.1 Å². The Hall–Kier alpha value is -1.72. The summed E-state index contributed by atoms with van der Waals surface area (Å²) in [5.74, 6) is 0. The summed E-state index contributed by atoms with van der Waals surface area (Å²) in [5, 5.41) is 4.81. The zero-order valence-corrected chi connectivity index (χ0v) is 10.4. The molecule has 0 bridgehead atoms. The summed E-state index contributed by atoms with van der Waals surface area (Å²) >= 11 is 0. The van der Waals surface area contributed by atoms with Crippen molar-refractivity contribution in [3.8, 4) is 0 Å². The van der Waals surface area contributed by atoms with Crippen LogP contribution in [0.5, 0.6) is 0 Å². The van der Waals surface area contributed by atoms with Gasteiger partial charge in [-0.15, -0.1) is 0 Å². The number of rotatable bonds is 5. The largest absolute Gasteiger partial charge is 0.375 e. The van der Waals surface area contributed by atoms with Gasteiger partial charge in [-0.25, -0.2) is 0 Å². The Morgan fingerprint density at radius 2 is 2.22 bits per heavy atom. The number of ether oxygens (including phenoxy) is 1. The van der Waals surface area contributed by atoms with Crippen LogP contribution in [0.25, 0.3) is 10.9 Å². The Morgan fingerprint density at radius 3 is 2.94 bits per heavy atom. The van der Waals surface area contributed by atoms with Gasteiger partial charge in [0.1, 0.15) is 0 Å². The average Bonchev–Trinajstić information content (AvgIpc) is 2.41. The predicted octanol–water partition coefficient (Wildman–Crippen LogP) is 0.760. The van der Waals surface area contributed by atoms with E-state index in [4.69, 9.17) is 10.5 Å². The fraction of sp³-hybridized carbons (Fsp3) is 0.385. The van der Waals surface area contributed by atoms with E-state index >= 15 is 0 Å². The molecule has 0 fully saturated rings. The molecule has 0 saturated carbocycles. The first-order valence-electron chi connectivity index (χ1n) is 6.02. The molecule has 1 heterocycles. The van der Waals surface area contributed by atoms with Gasteiger partial charge in [-0.2, -0.15) is 5.10 Å². The zero-order valence-electron chi connectivity index (χ0n) is 10.4. The second-order valence-corrected chi connectivity index (χ2v) is 4.02. The average molecular weight is 247 g/mol. The quantitative estimate of drug-likeness (QED) is 0.846. The van der Waals surface area contributed by atoms with Crippen LogP contribution >= 0.6 is 0 Å². The van der Waals surface area contributed by atoms with Crippen molar-refractivity contribution in [2.45, 2.75) is 19.6 Å². The maximum absolute atomic E-state index is 11.7. The van der Waals surface area contributed by atoms with Crippen molar-refractivity contribution in [2.24, 2.45) is 5.73 Å². The van der Waals surface area contributed by atoms with E-state index in [0.29, 0.717) is 25.1 Å². The number of hydrogen-bond acceptors (Lipinski definition) is 4. The van der Waals surface area contributed by atoms with Gasteiger partial charge in [0.05, 0.1) is 24.4 Å². The maximum Gasteiger partial charge on any atom is 0.207 e. The fourth-order valence-electron chi connectivity index (χ4n) is 1.93. The van der Waals surface area contributed by atoms with Crippen LogP contribution in [0, 0.1) is 0 Å². The number of nitrogens with zero attached hydrogens (tertiary/aromatic N) is 2. The van der Waals surface area contributed by atoms with Crippen molar-refractivity contribution < 1.29 is 4.74 Å². The van der Waals surface area contributed by atoms with E-state index in [-0.39, 0.29) is 11.5 Å². The lowest BCUT2D eigenvalue weighted by atomic mass is 10.2. The molecule has 1 aromatic carbocycles. The van der Waals surface area contributed by atoms with Gasteiger partial charge in [0, 0.05) is 18.5 Å². The van der Waals surface area contributed by atoms with E-state index in [9.17, 15) is 4.79 Å². The summed E-state index contributed by atoms with van der Waals surface area (Å²) in [6, 6.07) is 7.41. The van der Waals surface area contributed by atoms with Crippen LogP contribution in [-0.2, 0) is 11.3 Å². The minimum absolute atomic E-state index is 0.0671. The molecule has 5 heteroatoms. The minimum Gasteiger partial charge on any atom is -0.375 e. The summed E-state index contributed by atoms with van der Waals surface area (Å²) in [6.07, 6.45) is 1.25. The van der Waals surface area contributed by atoms with Gasteiger partial charge in [0.15, 0.2) is 0 Å². The van der Waals surface area contributed by atoms with E-state index in [0.717, 1.165) is 5.52 Å².